The first-order valence-electron chi connectivity index (χ1n) is 7.45. The first kappa shape index (κ1) is 18.2. The molecule has 0 radical (unpaired) electrons. The lowest BCUT2D eigenvalue weighted by Crippen LogP contribution is -2.26. The van der Waals surface area contributed by atoms with Crippen molar-refractivity contribution < 1.29 is 27.4 Å². The minimum Gasteiger partial charge on any atom is -0.455 e. The molecule has 8 nitrogen and oxygen atoms in total. The standard InChI is InChI=1S/C16H14F3N5O3/c17-16(18,19)8-1-3-11(10(5-8)23-15(22)24-14(20)21)27-9-2-4-12-13(6-9)26-7-25-12/h1-6H,7H2,(H6,20,21,22,23,24). The van der Waals surface area contributed by atoms with Gasteiger partial charge in [0.05, 0.1) is 5.56 Å². The van der Waals surface area contributed by atoms with E-state index in [1.54, 1.807) is 12.1 Å². The van der Waals surface area contributed by atoms with Crippen molar-refractivity contribution in [1.82, 2.24) is 0 Å². The van der Waals surface area contributed by atoms with Gasteiger partial charge in [-0.2, -0.15) is 18.2 Å². The maximum absolute atomic E-state index is 13.0. The minimum absolute atomic E-state index is 0.00982. The number of alkyl halides is 3. The van der Waals surface area contributed by atoms with Crippen LogP contribution in [0.5, 0.6) is 23.0 Å². The molecule has 0 unspecified atom stereocenters. The van der Waals surface area contributed by atoms with Gasteiger partial charge in [-0.05, 0) is 30.3 Å². The lowest BCUT2D eigenvalue weighted by Gasteiger charge is -2.12. The Morgan fingerprint density at radius 1 is 1.00 bits per heavy atom. The molecule has 0 fully saturated rings. The number of fused-ring (bicyclic) bond motifs is 1. The summed E-state index contributed by atoms with van der Waals surface area (Å²) in [7, 11) is 0. The average molecular weight is 381 g/mol. The molecule has 0 saturated heterocycles. The maximum atomic E-state index is 13.0. The van der Waals surface area contributed by atoms with E-state index in [2.05, 4.69) is 9.98 Å². The quantitative estimate of drug-likeness (QED) is 0.553. The van der Waals surface area contributed by atoms with Crippen LogP contribution in [0.1, 0.15) is 5.56 Å². The van der Waals surface area contributed by atoms with Crippen LogP contribution in [0.2, 0.25) is 0 Å². The highest BCUT2D eigenvalue weighted by molar-refractivity contribution is 5.94. The van der Waals surface area contributed by atoms with Crippen LogP contribution >= 0.6 is 0 Å². The molecule has 0 aromatic heterocycles. The van der Waals surface area contributed by atoms with Gasteiger partial charge in [0.1, 0.15) is 11.4 Å². The third kappa shape index (κ3) is 4.32. The number of halogens is 3. The Morgan fingerprint density at radius 2 is 1.74 bits per heavy atom. The number of nitrogens with two attached hydrogens (primary N) is 3. The summed E-state index contributed by atoms with van der Waals surface area (Å²) < 4.78 is 55.1. The Morgan fingerprint density at radius 3 is 2.44 bits per heavy atom. The van der Waals surface area contributed by atoms with E-state index in [4.69, 9.17) is 31.4 Å². The van der Waals surface area contributed by atoms with Crippen molar-refractivity contribution in [1.29, 1.82) is 0 Å². The summed E-state index contributed by atoms with van der Waals surface area (Å²) in [5, 5.41) is 0. The number of benzene rings is 2. The average Bonchev–Trinajstić information content (AvgIpc) is 3.02. The van der Waals surface area contributed by atoms with E-state index >= 15 is 0 Å². The molecule has 0 spiro atoms. The molecular formula is C16H14F3N5O3. The van der Waals surface area contributed by atoms with Crippen molar-refractivity contribution in [2.45, 2.75) is 6.18 Å². The Balaban J connectivity index is 1.99. The van der Waals surface area contributed by atoms with E-state index in [1.807, 2.05) is 0 Å². The first-order chi connectivity index (χ1) is 12.7. The fourth-order valence-corrected chi connectivity index (χ4v) is 2.22. The molecule has 2 aromatic carbocycles. The molecule has 2 aromatic rings. The van der Waals surface area contributed by atoms with Crippen molar-refractivity contribution in [2.24, 2.45) is 27.2 Å². The highest BCUT2D eigenvalue weighted by Crippen LogP contribution is 2.41. The molecule has 6 N–H and O–H groups in total. The number of hydrogen-bond donors (Lipinski definition) is 3. The fraction of sp³-hybridized carbons (Fsp3) is 0.125. The summed E-state index contributed by atoms with van der Waals surface area (Å²) >= 11 is 0. The molecule has 0 atom stereocenters. The van der Waals surface area contributed by atoms with Gasteiger partial charge in [-0.25, -0.2) is 4.99 Å². The zero-order valence-corrected chi connectivity index (χ0v) is 13.7. The largest absolute Gasteiger partial charge is 0.455 e. The summed E-state index contributed by atoms with van der Waals surface area (Å²) in [6.45, 7) is 0.0731. The van der Waals surface area contributed by atoms with E-state index in [1.165, 1.54) is 6.07 Å². The second-order valence-electron chi connectivity index (χ2n) is 5.30. The van der Waals surface area contributed by atoms with Crippen LogP contribution < -0.4 is 31.4 Å². The van der Waals surface area contributed by atoms with Gasteiger partial charge < -0.3 is 31.4 Å². The van der Waals surface area contributed by atoms with Crippen molar-refractivity contribution >= 4 is 17.6 Å². The minimum atomic E-state index is -4.58. The van der Waals surface area contributed by atoms with Crippen LogP contribution in [0.15, 0.2) is 46.4 Å². The number of ether oxygens (including phenoxy) is 3. The third-order valence-electron chi connectivity index (χ3n) is 3.34. The van der Waals surface area contributed by atoms with E-state index in [0.29, 0.717) is 17.2 Å². The molecule has 0 saturated carbocycles. The number of aliphatic imine (C=N–C) groups is 2. The lowest BCUT2D eigenvalue weighted by molar-refractivity contribution is -0.137. The predicted molar refractivity (Wildman–Crippen MR) is 91.2 cm³/mol. The number of rotatable bonds is 3. The van der Waals surface area contributed by atoms with E-state index in [-0.39, 0.29) is 24.2 Å². The maximum Gasteiger partial charge on any atom is 0.416 e. The smallest absolute Gasteiger partial charge is 0.416 e. The Labute approximate surface area is 151 Å². The van der Waals surface area contributed by atoms with Crippen molar-refractivity contribution in [3.05, 3.63) is 42.0 Å². The molecule has 1 aliphatic heterocycles. The Kier molecular flexibility index (Phi) is 4.67. The normalized spacial score (nSPS) is 13.4. The fourth-order valence-electron chi connectivity index (χ4n) is 2.22. The van der Waals surface area contributed by atoms with Gasteiger partial charge in [0.15, 0.2) is 23.2 Å². The highest BCUT2D eigenvalue weighted by atomic mass is 19.4. The van der Waals surface area contributed by atoms with Gasteiger partial charge in [-0.15, -0.1) is 0 Å². The number of nitrogens with zero attached hydrogens (tertiary/aromatic N) is 2. The predicted octanol–water partition coefficient (Wildman–Crippen LogP) is 2.45. The molecule has 1 aliphatic rings. The molecular weight excluding hydrogens is 367 g/mol. The summed E-state index contributed by atoms with van der Waals surface area (Å²) in [6, 6.07) is 7.47. The molecule has 11 heteroatoms. The van der Waals surface area contributed by atoms with Gasteiger partial charge in [-0.1, -0.05) is 0 Å². The van der Waals surface area contributed by atoms with Gasteiger partial charge >= 0.3 is 6.18 Å². The molecule has 0 amide bonds. The summed E-state index contributed by atoms with van der Waals surface area (Å²) in [4.78, 5) is 7.29. The molecule has 27 heavy (non-hydrogen) atoms. The zero-order valence-electron chi connectivity index (χ0n) is 13.7. The second-order valence-corrected chi connectivity index (χ2v) is 5.30. The molecule has 142 valence electrons. The van der Waals surface area contributed by atoms with Crippen LogP contribution in [-0.4, -0.2) is 18.7 Å². The summed E-state index contributed by atoms with van der Waals surface area (Å²) in [5.41, 5.74) is 14.8. The van der Waals surface area contributed by atoms with Gasteiger partial charge in [0.2, 0.25) is 12.8 Å². The SMILES string of the molecule is NC(N)=NC(N)=Nc1cc(C(F)(F)F)ccc1Oc1ccc2c(c1)OCO2. The first-order valence-corrected chi connectivity index (χ1v) is 7.45. The third-order valence-corrected chi connectivity index (χ3v) is 3.34. The van der Waals surface area contributed by atoms with Crippen molar-refractivity contribution in [3.8, 4) is 23.0 Å². The Hall–Kier alpha value is -3.63. The van der Waals surface area contributed by atoms with Crippen LogP contribution in [0.4, 0.5) is 18.9 Å². The van der Waals surface area contributed by atoms with E-state index < -0.39 is 17.7 Å². The molecule has 1 heterocycles. The van der Waals surface area contributed by atoms with Crippen molar-refractivity contribution in [2.75, 3.05) is 6.79 Å². The zero-order chi connectivity index (χ0) is 19.6. The second kappa shape index (κ2) is 6.94. The monoisotopic (exact) mass is 381 g/mol. The van der Waals surface area contributed by atoms with Crippen LogP contribution in [0.25, 0.3) is 0 Å². The molecule has 0 bridgehead atoms. The van der Waals surface area contributed by atoms with Crippen LogP contribution in [-0.2, 0) is 6.18 Å². The van der Waals surface area contributed by atoms with Gasteiger partial charge in [-0.3, -0.25) is 0 Å². The lowest BCUT2D eigenvalue weighted by atomic mass is 10.2. The van der Waals surface area contributed by atoms with Crippen LogP contribution in [0, 0.1) is 0 Å². The Bertz CT molecular complexity index is 924. The van der Waals surface area contributed by atoms with Crippen LogP contribution in [0.3, 0.4) is 0 Å². The molecule has 3 rings (SSSR count). The van der Waals surface area contributed by atoms with Crippen molar-refractivity contribution in [3.63, 3.8) is 0 Å². The van der Waals surface area contributed by atoms with E-state index in [0.717, 1.165) is 18.2 Å². The summed E-state index contributed by atoms with van der Waals surface area (Å²) in [6.07, 6.45) is -4.58. The number of hydrogen-bond acceptors (Lipinski definition) is 4. The molecule has 0 aliphatic carbocycles. The number of guanidine groups is 2. The topological polar surface area (TPSA) is 130 Å². The van der Waals surface area contributed by atoms with Gasteiger partial charge in [0, 0.05) is 6.07 Å². The van der Waals surface area contributed by atoms with E-state index in [9.17, 15) is 13.2 Å². The summed E-state index contributed by atoms with van der Waals surface area (Å²) in [5.74, 6) is 0.479. The van der Waals surface area contributed by atoms with Gasteiger partial charge in [0.25, 0.3) is 0 Å². The highest BCUT2D eigenvalue weighted by Gasteiger charge is 2.31.